The Labute approximate surface area is 196 Å². The normalized spacial score (nSPS) is 18.5. The molecule has 1 atom stereocenters. The Hall–Kier alpha value is -3.59. The Balaban J connectivity index is 1.57. The molecule has 0 unspecified atom stereocenters. The third kappa shape index (κ3) is 3.86. The number of halogens is 1. The Morgan fingerprint density at radius 2 is 2.18 bits per heavy atom. The van der Waals surface area contributed by atoms with Gasteiger partial charge >= 0.3 is 0 Å². The number of hydrogen-bond donors (Lipinski definition) is 3. The summed E-state index contributed by atoms with van der Waals surface area (Å²) in [6.07, 6.45) is 3.94. The molecule has 0 bridgehead atoms. The minimum Gasteiger partial charge on any atom is -0.492 e. The summed E-state index contributed by atoms with van der Waals surface area (Å²) in [5, 5.41) is 6.12. The average Bonchev–Trinajstić information content (AvgIpc) is 3.18. The van der Waals surface area contributed by atoms with Crippen molar-refractivity contribution in [2.24, 2.45) is 5.41 Å². The number of carbonyl (C=O) groups is 1. The molecule has 0 radical (unpaired) electrons. The van der Waals surface area contributed by atoms with E-state index in [1.54, 1.807) is 24.5 Å². The Morgan fingerprint density at radius 1 is 1.32 bits per heavy atom. The number of nitrogens with zero attached hydrogens (tertiary/aromatic N) is 1. The van der Waals surface area contributed by atoms with Crippen molar-refractivity contribution in [3.63, 3.8) is 0 Å². The molecule has 0 saturated carbocycles. The number of hydrogen-bond acceptors (Lipinski definition) is 6. The summed E-state index contributed by atoms with van der Waals surface area (Å²) in [6.45, 7) is 5.89. The second-order valence-corrected chi connectivity index (χ2v) is 9.15. The highest BCUT2D eigenvalue weighted by atomic mass is 19.1. The van der Waals surface area contributed by atoms with Crippen molar-refractivity contribution in [1.82, 2.24) is 15.3 Å². The molecule has 0 aliphatic carbocycles. The van der Waals surface area contributed by atoms with E-state index in [4.69, 9.17) is 14.2 Å². The number of rotatable bonds is 7. The van der Waals surface area contributed by atoms with Gasteiger partial charge in [-0.15, -0.1) is 0 Å². The number of benzene rings is 1. The molecule has 34 heavy (non-hydrogen) atoms. The van der Waals surface area contributed by atoms with Gasteiger partial charge in [-0.3, -0.25) is 9.78 Å². The van der Waals surface area contributed by atoms with Crippen molar-refractivity contribution >= 4 is 17.3 Å². The van der Waals surface area contributed by atoms with Crippen LogP contribution in [0.3, 0.4) is 0 Å². The number of amides is 1. The molecule has 4 heterocycles. The first-order valence-corrected chi connectivity index (χ1v) is 11.2. The summed E-state index contributed by atoms with van der Waals surface area (Å²) in [6, 6.07) is 6.43. The lowest BCUT2D eigenvalue weighted by molar-refractivity contribution is -0.180. The highest BCUT2D eigenvalue weighted by molar-refractivity contribution is 6.06. The highest BCUT2D eigenvalue weighted by Crippen LogP contribution is 2.42. The molecule has 9 heteroatoms. The summed E-state index contributed by atoms with van der Waals surface area (Å²) in [5.41, 5.74) is 3.64. The monoisotopic (exact) mass is 466 g/mol. The van der Waals surface area contributed by atoms with Crippen LogP contribution in [-0.4, -0.2) is 48.8 Å². The Morgan fingerprint density at radius 3 is 2.91 bits per heavy atom. The summed E-state index contributed by atoms with van der Waals surface area (Å²) in [7, 11) is 1.41. The first-order valence-electron chi connectivity index (χ1n) is 11.2. The van der Waals surface area contributed by atoms with Crippen LogP contribution < -0.4 is 20.1 Å². The number of para-hydroxylation sites is 1. The lowest BCUT2D eigenvalue weighted by Gasteiger charge is -2.43. The van der Waals surface area contributed by atoms with Gasteiger partial charge in [-0.2, -0.15) is 0 Å². The molecule has 1 saturated heterocycles. The molecule has 8 nitrogen and oxygen atoms in total. The van der Waals surface area contributed by atoms with Crippen molar-refractivity contribution in [2.45, 2.75) is 26.4 Å². The van der Waals surface area contributed by atoms with Crippen molar-refractivity contribution in [3.8, 4) is 22.8 Å². The molecule has 2 aliphatic rings. The zero-order valence-electron chi connectivity index (χ0n) is 19.3. The van der Waals surface area contributed by atoms with Gasteiger partial charge in [0.2, 0.25) is 0 Å². The number of methoxy groups -OCH3 is 1. The number of pyridine rings is 1. The van der Waals surface area contributed by atoms with Crippen LogP contribution in [0.1, 0.15) is 29.9 Å². The molecule has 3 N–H and O–H groups in total. The van der Waals surface area contributed by atoms with E-state index in [0.29, 0.717) is 54.6 Å². The van der Waals surface area contributed by atoms with Crippen molar-refractivity contribution in [2.75, 3.05) is 32.2 Å². The average molecular weight is 467 g/mol. The summed E-state index contributed by atoms with van der Waals surface area (Å²) < 4.78 is 31.4. The van der Waals surface area contributed by atoms with Crippen molar-refractivity contribution in [1.29, 1.82) is 0 Å². The van der Waals surface area contributed by atoms with Crippen LogP contribution >= 0.6 is 0 Å². The van der Waals surface area contributed by atoms with E-state index in [-0.39, 0.29) is 23.2 Å². The zero-order chi connectivity index (χ0) is 23.9. The van der Waals surface area contributed by atoms with Crippen LogP contribution in [0.4, 0.5) is 15.8 Å². The minimum absolute atomic E-state index is 0.0164. The number of aromatic amines is 1. The molecule has 178 valence electrons. The maximum absolute atomic E-state index is 14.4. The van der Waals surface area contributed by atoms with Crippen LogP contribution in [0.25, 0.3) is 11.3 Å². The van der Waals surface area contributed by atoms with E-state index in [2.05, 4.69) is 34.4 Å². The molecule has 1 amide bonds. The number of anilines is 2. The lowest BCUT2D eigenvalue weighted by Crippen LogP contribution is -2.50. The smallest absolute Gasteiger partial charge is 0.255 e. The van der Waals surface area contributed by atoms with E-state index < -0.39 is 5.82 Å². The van der Waals surface area contributed by atoms with Crippen LogP contribution in [0.15, 0.2) is 36.7 Å². The maximum atomic E-state index is 14.4. The van der Waals surface area contributed by atoms with Crippen LogP contribution in [0, 0.1) is 11.2 Å². The van der Waals surface area contributed by atoms with Crippen LogP contribution in [0.2, 0.25) is 0 Å². The third-order valence-corrected chi connectivity index (χ3v) is 6.37. The van der Waals surface area contributed by atoms with Gasteiger partial charge < -0.3 is 29.8 Å². The van der Waals surface area contributed by atoms with E-state index in [9.17, 15) is 9.18 Å². The molecule has 2 aromatic heterocycles. The third-order valence-electron chi connectivity index (χ3n) is 6.37. The second kappa shape index (κ2) is 8.64. The van der Waals surface area contributed by atoms with Gasteiger partial charge in [0.05, 0.1) is 48.6 Å². The van der Waals surface area contributed by atoms with Crippen molar-refractivity contribution < 1.29 is 23.4 Å². The van der Waals surface area contributed by atoms with Gasteiger partial charge in [0.15, 0.2) is 11.6 Å². The topological polar surface area (TPSA) is 97.5 Å². The first kappa shape index (κ1) is 22.2. The second-order valence-electron chi connectivity index (χ2n) is 9.15. The fourth-order valence-electron chi connectivity index (χ4n) is 4.33. The fraction of sp³-hybridized carbons (Fsp3) is 0.360. The summed E-state index contributed by atoms with van der Waals surface area (Å²) in [5.74, 6) is -0.0843. The number of fused-ring (bicyclic) bond motifs is 1. The van der Waals surface area contributed by atoms with Gasteiger partial charge in [0, 0.05) is 35.8 Å². The van der Waals surface area contributed by atoms with E-state index in [0.717, 1.165) is 11.3 Å². The lowest BCUT2D eigenvalue weighted by atomic mass is 9.83. The molecule has 3 aromatic rings. The van der Waals surface area contributed by atoms with Gasteiger partial charge in [-0.25, -0.2) is 4.39 Å². The quantitative estimate of drug-likeness (QED) is 0.486. The minimum atomic E-state index is -0.501. The van der Waals surface area contributed by atoms with E-state index >= 15 is 0 Å². The largest absolute Gasteiger partial charge is 0.492 e. The molecule has 0 spiro atoms. The highest BCUT2D eigenvalue weighted by Gasteiger charge is 2.40. The number of carbonyl (C=O) groups excluding carboxylic acids is 1. The maximum Gasteiger partial charge on any atom is 0.255 e. The first-order chi connectivity index (χ1) is 16.4. The van der Waals surface area contributed by atoms with E-state index in [1.165, 1.54) is 13.2 Å². The van der Waals surface area contributed by atoms with Crippen LogP contribution in [-0.2, 0) is 11.2 Å². The molecular formula is C25H27FN4O4. The molecule has 2 aliphatic heterocycles. The molecule has 5 rings (SSSR count). The van der Waals surface area contributed by atoms with Gasteiger partial charge in [0.25, 0.3) is 5.91 Å². The Bertz CT molecular complexity index is 1240. The number of H-pyrrole nitrogens is 1. The van der Waals surface area contributed by atoms with E-state index in [1.807, 2.05) is 6.07 Å². The number of aromatic nitrogens is 2. The Kier molecular flexibility index (Phi) is 5.65. The van der Waals surface area contributed by atoms with Crippen molar-refractivity contribution in [3.05, 3.63) is 53.7 Å². The number of nitrogens with one attached hydrogen (secondary N) is 3. The van der Waals surface area contributed by atoms with Gasteiger partial charge in [-0.05, 0) is 18.2 Å². The van der Waals surface area contributed by atoms with Crippen LogP contribution in [0.5, 0.6) is 11.5 Å². The van der Waals surface area contributed by atoms with Gasteiger partial charge in [0.1, 0.15) is 12.4 Å². The standard InChI is InChI=1S/C25H27FN4O4/c1-25(2)13-34-19(25)12-33-18-11-27-9-7-14(18)21-22(20-16(29-21)8-10-28-24(20)31)30-17-6-4-5-15(26)23(17)32-3/h4-7,9,11,19,29-30H,8,10,12-13H2,1-3H3,(H,28,31)/t19-/m1/s1. The molecular weight excluding hydrogens is 439 g/mol. The number of ether oxygens (including phenoxy) is 3. The summed E-state index contributed by atoms with van der Waals surface area (Å²) >= 11 is 0. The predicted molar refractivity (Wildman–Crippen MR) is 125 cm³/mol. The fourth-order valence-corrected chi connectivity index (χ4v) is 4.33. The predicted octanol–water partition coefficient (Wildman–Crippen LogP) is 4.06. The molecule has 1 fully saturated rings. The van der Waals surface area contributed by atoms with Gasteiger partial charge in [-0.1, -0.05) is 19.9 Å². The zero-order valence-corrected chi connectivity index (χ0v) is 19.3. The SMILES string of the molecule is COc1c(F)cccc1Nc1c(-c2ccncc2OC[C@H]2OCC2(C)C)[nH]c2c1C(=O)NCC2. The molecule has 1 aromatic carbocycles. The summed E-state index contributed by atoms with van der Waals surface area (Å²) in [4.78, 5) is 20.5.